The summed E-state index contributed by atoms with van der Waals surface area (Å²) in [7, 11) is -0.0437. The highest BCUT2D eigenvalue weighted by Crippen LogP contribution is 2.60. The number of rotatable bonds is 13. The van der Waals surface area contributed by atoms with E-state index in [2.05, 4.69) is 65.9 Å². The molecule has 0 amide bonds. The molecule has 7 rings (SSSR count). The zero-order chi connectivity index (χ0) is 33.2. The van der Waals surface area contributed by atoms with Crippen LogP contribution in [0.5, 0.6) is 5.88 Å². The van der Waals surface area contributed by atoms with E-state index in [4.69, 9.17) is 14.1 Å². The number of pyridine rings is 1. The Bertz CT molecular complexity index is 1400. The minimum atomic E-state index is -1.66. The molecular weight excluding hydrogens is 603 g/mol. The number of aromatic nitrogens is 3. The van der Waals surface area contributed by atoms with Crippen LogP contribution in [0.1, 0.15) is 89.7 Å². The number of methoxy groups -OCH3 is 1. The van der Waals surface area contributed by atoms with Crippen LogP contribution in [0.15, 0.2) is 24.5 Å². The number of anilines is 2. The van der Waals surface area contributed by atoms with Crippen molar-refractivity contribution >= 4 is 20.1 Å². The Morgan fingerprint density at radius 2 is 1.74 bits per heavy atom. The van der Waals surface area contributed by atoms with Crippen molar-refractivity contribution < 1.29 is 9.16 Å². The van der Waals surface area contributed by atoms with Crippen LogP contribution in [0, 0.1) is 46.3 Å². The number of hydrogen-bond acceptors (Lipinski definition) is 9. The summed E-state index contributed by atoms with van der Waals surface area (Å²) in [6, 6.07) is 6.80. The molecule has 0 radical (unpaired) electrons. The summed E-state index contributed by atoms with van der Waals surface area (Å²) < 4.78 is 12.0. The largest absolute Gasteiger partial charge is 0.481 e. The van der Waals surface area contributed by atoms with E-state index < -0.39 is 8.32 Å². The number of ether oxygens (including phenoxy) is 1. The molecule has 4 bridgehead atoms. The molecule has 3 unspecified atom stereocenters. The Hall–Kier alpha value is -2.74. The van der Waals surface area contributed by atoms with Gasteiger partial charge in [-0.3, -0.25) is 0 Å². The lowest BCUT2D eigenvalue weighted by molar-refractivity contribution is -0.0703. The number of nitrogens with one attached hydrogen (secondary N) is 3. The lowest BCUT2D eigenvalue weighted by atomic mass is 9.48. The third-order valence-electron chi connectivity index (χ3n) is 12.5. The van der Waals surface area contributed by atoms with Crippen LogP contribution in [0.4, 0.5) is 11.8 Å². The Kier molecular flexibility index (Phi) is 10.2. The quantitative estimate of drug-likeness (QED) is 0.189. The molecule has 0 aromatic carbocycles. The summed E-state index contributed by atoms with van der Waals surface area (Å²) in [5.74, 6) is 5.57. The molecule has 3 N–H and O–H groups in total. The molecule has 5 aliphatic carbocycles. The van der Waals surface area contributed by atoms with Crippen LogP contribution in [0.25, 0.3) is 0 Å². The normalized spacial score (nSPS) is 30.1. The van der Waals surface area contributed by atoms with E-state index in [0.717, 1.165) is 48.3 Å². The van der Waals surface area contributed by atoms with E-state index in [9.17, 15) is 5.26 Å². The van der Waals surface area contributed by atoms with Crippen molar-refractivity contribution in [3.8, 4) is 11.9 Å². The maximum absolute atomic E-state index is 9.82. The van der Waals surface area contributed by atoms with E-state index in [1.54, 1.807) is 19.5 Å². The highest BCUT2D eigenvalue weighted by Gasteiger charge is 2.55. The third-order valence-corrected chi connectivity index (χ3v) is 17.0. The summed E-state index contributed by atoms with van der Waals surface area (Å²) in [6.07, 6.45) is 15.2. The van der Waals surface area contributed by atoms with Gasteiger partial charge in [-0.2, -0.15) is 10.2 Å². The highest BCUT2D eigenvalue weighted by atomic mass is 28.4. The van der Waals surface area contributed by atoms with Gasteiger partial charge in [0.25, 0.3) is 0 Å². The summed E-state index contributed by atoms with van der Waals surface area (Å²) in [5, 5.41) is 21.2. The molecule has 9 nitrogen and oxygen atoms in total. The number of hydrogen-bond donors (Lipinski definition) is 3. The smallest absolute Gasteiger partial charge is 0.224 e. The Balaban J connectivity index is 0.995. The van der Waals surface area contributed by atoms with Crippen molar-refractivity contribution in [2.24, 2.45) is 35.0 Å². The molecule has 5 atom stereocenters. The first-order valence-corrected chi connectivity index (χ1v) is 21.0. The molecule has 2 aromatic rings. The van der Waals surface area contributed by atoms with E-state index in [-0.39, 0.29) is 10.5 Å². The van der Waals surface area contributed by atoms with E-state index in [0.29, 0.717) is 35.8 Å². The molecular formula is C37H57N7O2Si. The van der Waals surface area contributed by atoms with E-state index in [1.807, 2.05) is 12.1 Å². The molecule has 47 heavy (non-hydrogen) atoms. The second-order valence-corrected chi connectivity index (χ2v) is 21.6. The molecule has 0 spiro atoms. The van der Waals surface area contributed by atoms with Gasteiger partial charge in [-0.05, 0) is 124 Å². The van der Waals surface area contributed by atoms with Gasteiger partial charge in [-0.25, -0.2) is 9.97 Å². The second-order valence-electron chi connectivity index (χ2n) is 16.8. The predicted octanol–water partition coefficient (Wildman–Crippen LogP) is 7.39. The third kappa shape index (κ3) is 7.78. The molecule has 0 aliphatic heterocycles. The molecule has 5 fully saturated rings. The zero-order valence-electron chi connectivity index (χ0n) is 29.6. The van der Waals surface area contributed by atoms with Crippen molar-refractivity contribution in [3.63, 3.8) is 0 Å². The summed E-state index contributed by atoms with van der Waals surface area (Å²) in [5.41, 5.74) is 1.69. The maximum Gasteiger partial charge on any atom is 0.224 e. The average molecular weight is 660 g/mol. The zero-order valence-corrected chi connectivity index (χ0v) is 30.6. The lowest BCUT2D eigenvalue weighted by Gasteiger charge is -2.60. The average Bonchev–Trinajstić information content (AvgIpc) is 3.05. The first-order valence-electron chi connectivity index (χ1n) is 18.1. The molecule has 10 heteroatoms. The van der Waals surface area contributed by atoms with Crippen LogP contribution in [-0.2, 0) is 11.0 Å². The van der Waals surface area contributed by atoms with Gasteiger partial charge >= 0.3 is 0 Å². The minimum Gasteiger partial charge on any atom is -0.481 e. The maximum atomic E-state index is 9.82. The molecule has 2 heterocycles. The van der Waals surface area contributed by atoms with Crippen molar-refractivity contribution in [2.75, 3.05) is 37.4 Å². The number of nitrogens with zero attached hydrogens (tertiary/aromatic N) is 4. The fraction of sp³-hybridized carbons (Fsp3) is 0.730. The fourth-order valence-corrected chi connectivity index (χ4v) is 10.1. The summed E-state index contributed by atoms with van der Waals surface area (Å²) >= 11 is 0. The van der Waals surface area contributed by atoms with Gasteiger partial charge in [0.2, 0.25) is 11.8 Å². The fourth-order valence-electron chi connectivity index (χ4n) is 9.06. The van der Waals surface area contributed by atoms with Crippen molar-refractivity contribution in [2.45, 2.75) is 109 Å². The molecule has 2 aromatic heterocycles. The standard InChI is InChI=1S/C37H57N7O2Si/c1-36(2,3)47(5,6)46-23-26-11-9-25(10-12-26)20-40-32-29-14-27-15-30(32)18-37(16-27,17-29)24-43-33-31(19-38)22-42-35(44-33)41-21-28-8-7-13-39-34(28)45-4/h7-8,13,22,25-27,29-30,32,40H,9-12,14-18,20-21,23-24H2,1-6H3,(H2,41,42,43,44)/t25?,26?,27?,29-,30+,32?,37?. The Morgan fingerprint density at radius 3 is 2.43 bits per heavy atom. The van der Waals surface area contributed by atoms with E-state index >= 15 is 0 Å². The Labute approximate surface area is 283 Å². The van der Waals surface area contributed by atoms with Crippen molar-refractivity contribution in [3.05, 3.63) is 35.7 Å². The lowest BCUT2D eigenvalue weighted by Crippen LogP contribution is -2.60. The highest BCUT2D eigenvalue weighted by molar-refractivity contribution is 6.74. The van der Waals surface area contributed by atoms with Crippen LogP contribution < -0.4 is 20.7 Å². The number of nitriles is 1. The van der Waals surface area contributed by atoms with E-state index in [1.165, 1.54) is 64.3 Å². The van der Waals surface area contributed by atoms with Gasteiger partial charge in [-0.15, -0.1) is 0 Å². The molecule has 5 aliphatic rings. The van der Waals surface area contributed by atoms with Gasteiger partial charge in [0, 0.05) is 37.5 Å². The molecule has 5 saturated carbocycles. The van der Waals surface area contributed by atoms with Crippen molar-refractivity contribution in [1.82, 2.24) is 20.3 Å². The van der Waals surface area contributed by atoms with Gasteiger partial charge in [0.15, 0.2) is 8.32 Å². The second kappa shape index (κ2) is 14.0. The van der Waals surface area contributed by atoms with Crippen LogP contribution in [0.3, 0.4) is 0 Å². The van der Waals surface area contributed by atoms with Crippen LogP contribution in [0.2, 0.25) is 18.1 Å². The topological polar surface area (TPSA) is 117 Å². The Morgan fingerprint density at radius 1 is 1.02 bits per heavy atom. The van der Waals surface area contributed by atoms with Gasteiger partial charge in [-0.1, -0.05) is 26.8 Å². The van der Waals surface area contributed by atoms with Gasteiger partial charge in [0.1, 0.15) is 17.5 Å². The molecule has 0 saturated heterocycles. The first-order chi connectivity index (χ1) is 22.5. The monoisotopic (exact) mass is 659 g/mol. The SMILES string of the molecule is COc1ncccc1CNc1ncc(C#N)c(NCC23CC4C[C@H](C2)C(NCC2CCC(CO[Si](C)(C)C(C)(C)C)CC2)[C@@H](C4)C3)n1. The minimum absolute atomic E-state index is 0.283. The first kappa shape index (κ1) is 34.1. The summed E-state index contributed by atoms with van der Waals surface area (Å²) in [4.78, 5) is 13.4. The van der Waals surface area contributed by atoms with Gasteiger partial charge in [0.05, 0.1) is 13.3 Å². The predicted molar refractivity (Wildman–Crippen MR) is 190 cm³/mol. The van der Waals surface area contributed by atoms with Crippen LogP contribution >= 0.6 is 0 Å². The van der Waals surface area contributed by atoms with Crippen molar-refractivity contribution in [1.29, 1.82) is 5.26 Å². The van der Waals surface area contributed by atoms with Gasteiger partial charge < -0.3 is 25.1 Å². The molecule has 256 valence electrons. The van der Waals surface area contributed by atoms with Crippen LogP contribution in [-0.4, -0.2) is 56.1 Å². The summed E-state index contributed by atoms with van der Waals surface area (Å²) in [6.45, 7) is 15.3.